The predicted molar refractivity (Wildman–Crippen MR) is 131 cm³/mol. The zero-order valence-electron chi connectivity index (χ0n) is 17.7. The van der Waals surface area contributed by atoms with Crippen LogP contribution in [0.4, 0.5) is 0 Å². The van der Waals surface area contributed by atoms with E-state index in [-0.39, 0.29) is 5.91 Å². The fourth-order valence-corrected chi connectivity index (χ4v) is 5.68. The molecule has 3 aromatic heterocycles. The maximum absolute atomic E-state index is 12.7. The second-order valence-corrected chi connectivity index (χ2v) is 9.95. The normalized spacial score (nSPS) is 13.9. The van der Waals surface area contributed by atoms with Crippen molar-refractivity contribution >= 4 is 40.6 Å². The van der Waals surface area contributed by atoms with Crippen LogP contribution in [-0.2, 0) is 5.75 Å². The van der Waals surface area contributed by atoms with E-state index in [1.165, 1.54) is 29.5 Å². The number of hydrogen-bond donors (Lipinski definition) is 0. The van der Waals surface area contributed by atoms with Crippen LogP contribution in [0.25, 0.3) is 17.1 Å². The van der Waals surface area contributed by atoms with E-state index in [0.29, 0.717) is 22.3 Å². The summed E-state index contributed by atoms with van der Waals surface area (Å²) in [5, 5.41) is 13.0. The number of rotatable bonds is 6. The molecule has 1 fully saturated rings. The van der Waals surface area contributed by atoms with Crippen molar-refractivity contribution in [1.82, 2.24) is 29.6 Å². The summed E-state index contributed by atoms with van der Waals surface area (Å²) in [4.78, 5) is 23.3. The van der Waals surface area contributed by atoms with E-state index < -0.39 is 0 Å². The average molecular weight is 497 g/mol. The first kappa shape index (κ1) is 22.1. The third kappa shape index (κ3) is 4.95. The van der Waals surface area contributed by atoms with Crippen molar-refractivity contribution in [2.45, 2.75) is 30.2 Å². The quantitative estimate of drug-likeness (QED) is 0.334. The van der Waals surface area contributed by atoms with Gasteiger partial charge in [-0.25, -0.2) is 4.98 Å². The van der Waals surface area contributed by atoms with Crippen molar-refractivity contribution in [3.8, 4) is 17.1 Å². The maximum Gasteiger partial charge on any atom is 0.273 e. The molecule has 5 rings (SSSR count). The van der Waals surface area contributed by atoms with E-state index in [2.05, 4.69) is 20.2 Å². The van der Waals surface area contributed by atoms with Crippen LogP contribution in [0.2, 0.25) is 5.02 Å². The molecule has 0 aliphatic carbocycles. The smallest absolute Gasteiger partial charge is 0.273 e. The lowest BCUT2D eigenvalue weighted by molar-refractivity contribution is 0.0719. The molecule has 1 saturated heterocycles. The minimum Gasteiger partial charge on any atom is -0.337 e. The molecule has 0 spiro atoms. The number of nitrogens with zero attached hydrogens (tertiary/aromatic N) is 6. The van der Waals surface area contributed by atoms with Gasteiger partial charge < -0.3 is 4.90 Å². The van der Waals surface area contributed by atoms with Gasteiger partial charge in [-0.05, 0) is 49.6 Å². The summed E-state index contributed by atoms with van der Waals surface area (Å²) >= 11 is 9.30. The van der Waals surface area contributed by atoms with Gasteiger partial charge in [0.05, 0.1) is 11.4 Å². The summed E-state index contributed by atoms with van der Waals surface area (Å²) in [6.45, 7) is 1.64. The first-order chi connectivity index (χ1) is 16.2. The molecule has 7 nitrogen and oxygen atoms in total. The molecule has 4 heterocycles. The summed E-state index contributed by atoms with van der Waals surface area (Å²) in [5.41, 5.74) is 2.32. The Labute approximate surface area is 204 Å². The number of thioether (sulfide) groups is 1. The number of aromatic nitrogens is 5. The first-order valence-electron chi connectivity index (χ1n) is 10.7. The molecule has 1 aromatic carbocycles. The van der Waals surface area contributed by atoms with Gasteiger partial charge in [0.15, 0.2) is 11.0 Å². The van der Waals surface area contributed by atoms with Crippen LogP contribution >= 0.6 is 34.7 Å². The number of likely N-dealkylation sites (tertiary alicyclic amines) is 1. The van der Waals surface area contributed by atoms with Gasteiger partial charge in [-0.3, -0.25) is 14.3 Å². The third-order valence-electron chi connectivity index (χ3n) is 5.38. The minimum atomic E-state index is 0.0317. The number of thiazole rings is 1. The predicted octanol–water partition coefficient (Wildman–Crippen LogP) is 5.36. The summed E-state index contributed by atoms with van der Waals surface area (Å²) in [5.74, 6) is 1.33. The summed E-state index contributed by atoms with van der Waals surface area (Å²) in [6, 6.07) is 11.4. The number of amides is 1. The standard InChI is InChI=1S/C23H21ClN6OS2/c24-17-5-4-6-18(13-17)30-21(16-7-9-25-10-8-16)27-28-23(30)33-15-20-26-19(14-32-20)22(31)29-11-2-1-3-12-29/h4-10,13-14H,1-3,11-12,15H2. The van der Waals surface area contributed by atoms with Crippen molar-refractivity contribution in [3.05, 3.63) is 69.9 Å². The van der Waals surface area contributed by atoms with Crippen LogP contribution < -0.4 is 0 Å². The lowest BCUT2D eigenvalue weighted by Gasteiger charge is -2.25. The highest BCUT2D eigenvalue weighted by molar-refractivity contribution is 7.98. The summed E-state index contributed by atoms with van der Waals surface area (Å²) in [7, 11) is 0. The largest absolute Gasteiger partial charge is 0.337 e. The number of halogens is 1. The van der Waals surface area contributed by atoms with Gasteiger partial charge in [0.1, 0.15) is 10.7 Å². The molecule has 0 bridgehead atoms. The lowest BCUT2D eigenvalue weighted by Crippen LogP contribution is -2.35. The van der Waals surface area contributed by atoms with Gasteiger partial charge in [-0.15, -0.1) is 21.5 Å². The Morgan fingerprint density at radius 3 is 2.70 bits per heavy atom. The highest BCUT2D eigenvalue weighted by Gasteiger charge is 2.21. The molecule has 0 N–H and O–H groups in total. The topological polar surface area (TPSA) is 76.8 Å². The van der Waals surface area contributed by atoms with E-state index in [1.807, 2.05) is 51.2 Å². The number of carbonyl (C=O) groups is 1. The van der Waals surface area contributed by atoms with Crippen LogP contribution in [0.15, 0.2) is 59.3 Å². The van der Waals surface area contributed by atoms with Crippen LogP contribution in [0.5, 0.6) is 0 Å². The third-order valence-corrected chi connectivity index (χ3v) is 7.58. The monoisotopic (exact) mass is 496 g/mol. The van der Waals surface area contributed by atoms with Gasteiger partial charge in [-0.2, -0.15) is 0 Å². The van der Waals surface area contributed by atoms with Crippen LogP contribution in [-0.4, -0.2) is 48.6 Å². The summed E-state index contributed by atoms with van der Waals surface area (Å²) in [6.07, 6.45) is 6.79. The molecule has 1 amide bonds. The maximum atomic E-state index is 12.7. The molecular formula is C23H21ClN6OS2. The molecule has 4 aromatic rings. The Balaban J connectivity index is 1.39. The van der Waals surface area contributed by atoms with E-state index in [9.17, 15) is 4.79 Å². The SMILES string of the molecule is O=C(c1csc(CSc2nnc(-c3ccncc3)n2-c2cccc(Cl)c2)n1)N1CCCCC1. The molecule has 10 heteroatoms. The van der Waals surface area contributed by atoms with E-state index in [4.69, 9.17) is 11.6 Å². The molecule has 0 atom stereocenters. The Morgan fingerprint density at radius 2 is 1.91 bits per heavy atom. The van der Waals surface area contributed by atoms with Crippen molar-refractivity contribution in [2.75, 3.05) is 13.1 Å². The Hall–Kier alpha value is -2.75. The van der Waals surface area contributed by atoms with E-state index in [0.717, 1.165) is 47.3 Å². The molecule has 0 unspecified atom stereocenters. The van der Waals surface area contributed by atoms with Crippen LogP contribution in [0.3, 0.4) is 0 Å². The molecule has 1 aliphatic rings. The number of piperidine rings is 1. The summed E-state index contributed by atoms with van der Waals surface area (Å²) < 4.78 is 1.99. The van der Waals surface area contributed by atoms with E-state index in [1.54, 1.807) is 12.4 Å². The van der Waals surface area contributed by atoms with Crippen molar-refractivity contribution in [3.63, 3.8) is 0 Å². The fraction of sp³-hybridized carbons (Fsp3) is 0.261. The average Bonchev–Trinajstić information content (AvgIpc) is 3.51. The number of hydrogen-bond acceptors (Lipinski definition) is 7. The van der Waals surface area contributed by atoms with Crippen molar-refractivity contribution < 1.29 is 4.79 Å². The minimum absolute atomic E-state index is 0.0317. The van der Waals surface area contributed by atoms with Crippen molar-refractivity contribution in [2.24, 2.45) is 0 Å². The van der Waals surface area contributed by atoms with E-state index >= 15 is 0 Å². The highest BCUT2D eigenvalue weighted by Crippen LogP contribution is 2.31. The molecule has 0 saturated carbocycles. The van der Waals surface area contributed by atoms with Gasteiger partial charge in [0.25, 0.3) is 5.91 Å². The fourth-order valence-electron chi connectivity index (χ4n) is 3.76. The molecule has 0 radical (unpaired) electrons. The lowest BCUT2D eigenvalue weighted by atomic mass is 10.1. The first-order valence-corrected chi connectivity index (χ1v) is 12.9. The van der Waals surface area contributed by atoms with Gasteiger partial charge >= 0.3 is 0 Å². The number of carbonyl (C=O) groups excluding carboxylic acids is 1. The van der Waals surface area contributed by atoms with Crippen LogP contribution in [0, 0.1) is 0 Å². The molecular weight excluding hydrogens is 476 g/mol. The Bertz CT molecular complexity index is 1250. The van der Waals surface area contributed by atoms with Crippen molar-refractivity contribution in [1.29, 1.82) is 0 Å². The van der Waals surface area contributed by atoms with Gasteiger partial charge in [0.2, 0.25) is 0 Å². The molecule has 168 valence electrons. The Morgan fingerprint density at radius 1 is 1.09 bits per heavy atom. The number of benzene rings is 1. The zero-order valence-corrected chi connectivity index (χ0v) is 20.1. The second kappa shape index (κ2) is 10.0. The number of pyridine rings is 1. The highest BCUT2D eigenvalue weighted by atomic mass is 35.5. The molecule has 1 aliphatic heterocycles. The second-order valence-electron chi connectivity index (χ2n) is 7.63. The van der Waals surface area contributed by atoms with Gasteiger partial charge in [-0.1, -0.05) is 29.4 Å². The van der Waals surface area contributed by atoms with Crippen LogP contribution in [0.1, 0.15) is 34.8 Å². The Kier molecular flexibility index (Phi) is 6.70. The van der Waals surface area contributed by atoms with Gasteiger partial charge in [0, 0.05) is 41.4 Å². The molecule has 33 heavy (non-hydrogen) atoms. The zero-order chi connectivity index (χ0) is 22.6.